The van der Waals surface area contributed by atoms with Crippen LogP contribution in [0.25, 0.3) is 22.7 Å². The van der Waals surface area contributed by atoms with Crippen LogP contribution in [-0.4, -0.2) is 41.9 Å². The minimum absolute atomic E-state index is 0.0974. The van der Waals surface area contributed by atoms with Gasteiger partial charge in [0.05, 0.1) is 25.3 Å². The summed E-state index contributed by atoms with van der Waals surface area (Å²) in [6.45, 7) is -0.469. The highest BCUT2D eigenvalue weighted by Gasteiger charge is 2.14. The first-order valence-electron chi connectivity index (χ1n) is 8.90. The highest BCUT2D eigenvalue weighted by molar-refractivity contribution is 5.88. The second-order valence-corrected chi connectivity index (χ2v) is 6.08. The molecule has 3 aromatic rings. The van der Waals surface area contributed by atoms with Crippen LogP contribution in [0.2, 0.25) is 0 Å². The maximum Gasteiger partial charge on any atom is 0.331 e. The molecule has 0 bridgehead atoms. The highest BCUT2D eigenvalue weighted by Crippen LogP contribution is 2.25. The third-order valence-corrected chi connectivity index (χ3v) is 4.22. The molecule has 30 heavy (non-hydrogen) atoms. The normalized spacial score (nSPS) is 11.8. The molecule has 0 aliphatic rings. The van der Waals surface area contributed by atoms with Gasteiger partial charge in [-0.1, -0.05) is 12.1 Å². The number of nitriles is 1. The number of aromatic nitrogens is 2. The third-order valence-electron chi connectivity index (χ3n) is 4.22. The number of hydrogen-bond donors (Lipinski definition) is 2. The molecule has 1 aromatic heterocycles. The molecule has 0 saturated carbocycles. The Kier molecular flexibility index (Phi) is 6.35. The maximum atomic E-state index is 12.0. The van der Waals surface area contributed by atoms with Crippen LogP contribution >= 0.6 is 0 Å². The summed E-state index contributed by atoms with van der Waals surface area (Å²) in [5.41, 5.74) is 1.93. The predicted octanol–water partition coefficient (Wildman–Crippen LogP) is 3.63. The number of nitrogens with one attached hydrogen (secondary N) is 1. The number of esters is 1. The summed E-state index contributed by atoms with van der Waals surface area (Å²) in [4.78, 5) is 19.2. The van der Waals surface area contributed by atoms with Crippen LogP contribution in [0.3, 0.4) is 0 Å². The Morgan fingerprint density at radius 2 is 2.03 bits per heavy atom. The number of aromatic amines is 1. The molecule has 8 nitrogen and oxygen atoms in total. The van der Waals surface area contributed by atoms with E-state index in [0.29, 0.717) is 22.6 Å². The van der Waals surface area contributed by atoms with E-state index in [9.17, 15) is 15.2 Å². The summed E-state index contributed by atoms with van der Waals surface area (Å²) in [7, 11) is 3.05. The molecule has 0 fully saturated rings. The van der Waals surface area contributed by atoms with Gasteiger partial charge in [0.25, 0.3) is 0 Å². The van der Waals surface area contributed by atoms with Gasteiger partial charge in [-0.25, -0.2) is 9.78 Å². The lowest BCUT2D eigenvalue weighted by atomic mass is 10.2. The van der Waals surface area contributed by atoms with Gasteiger partial charge in [0.1, 0.15) is 29.7 Å². The van der Waals surface area contributed by atoms with Crippen LogP contribution in [0, 0.1) is 11.3 Å². The van der Waals surface area contributed by atoms with E-state index in [-0.39, 0.29) is 11.4 Å². The van der Waals surface area contributed by atoms with E-state index in [1.165, 1.54) is 19.3 Å². The van der Waals surface area contributed by atoms with E-state index in [4.69, 9.17) is 14.2 Å². The molecular weight excluding hydrogens is 386 g/mol. The van der Waals surface area contributed by atoms with E-state index in [0.717, 1.165) is 5.52 Å². The second-order valence-electron chi connectivity index (χ2n) is 6.08. The summed E-state index contributed by atoms with van der Waals surface area (Å²) in [6.07, 6.45) is 2.72. The molecule has 1 heterocycles. The standard InChI is InChI=1S/C22H19N3O5/c1-28-15-9-7-14(20(11-15)29-2)8-10-21(27)30-13-19(26)16(12-23)22-24-17-5-3-4-6-18(17)25-22/h3-11,26H,13H2,1-2H3,(H,24,25)/b10-8+,19-16-. The number of methoxy groups -OCH3 is 2. The monoisotopic (exact) mass is 405 g/mol. The van der Waals surface area contributed by atoms with E-state index in [1.807, 2.05) is 18.2 Å². The summed E-state index contributed by atoms with van der Waals surface area (Å²) in [5, 5.41) is 19.6. The van der Waals surface area contributed by atoms with Gasteiger partial charge in [0.15, 0.2) is 11.6 Å². The van der Waals surface area contributed by atoms with E-state index < -0.39 is 18.3 Å². The summed E-state index contributed by atoms with van der Waals surface area (Å²) < 4.78 is 15.4. The van der Waals surface area contributed by atoms with Crippen molar-refractivity contribution in [3.8, 4) is 17.6 Å². The van der Waals surface area contributed by atoms with Crippen molar-refractivity contribution >= 4 is 28.7 Å². The fraction of sp³-hybridized carbons (Fsp3) is 0.136. The molecule has 3 rings (SSSR count). The molecule has 2 aromatic carbocycles. The Morgan fingerprint density at radius 3 is 2.73 bits per heavy atom. The topological polar surface area (TPSA) is 117 Å². The molecule has 2 N–H and O–H groups in total. The molecule has 0 aliphatic heterocycles. The first-order valence-corrected chi connectivity index (χ1v) is 8.90. The number of imidazole rings is 1. The van der Waals surface area contributed by atoms with Crippen LogP contribution in [0.1, 0.15) is 11.4 Å². The third kappa shape index (κ3) is 4.59. The minimum Gasteiger partial charge on any atom is -0.507 e. The van der Waals surface area contributed by atoms with Crippen molar-refractivity contribution in [2.45, 2.75) is 0 Å². The lowest BCUT2D eigenvalue weighted by Gasteiger charge is -2.07. The number of benzene rings is 2. The Morgan fingerprint density at radius 1 is 1.23 bits per heavy atom. The molecule has 8 heteroatoms. The van der Waals surface area contributed by atoms with E-state index >= 15 is 0 Å². The molecule has 152 valence electrons. The molecule has 0 radical (unpaired) electrons. The van der Waals surface area contributed by atoms with Crippen LogP contribution in [0.4, 0.5) is 0 Å². The van der Waals surface area contributed by atoms with Gasteiger partial charge in [-0.15, -0.1) is 0 Å². The summed E-state index contributed by atoms with van der Waals surface area (Å²) >= 11 is 0. The van der Waals surface area contributed by atoms with Gasteiger partial charge in [-0.2, -0.15) is 5.26 Å². The molecule has 0 spiro atoms. The van der Waals surface area contributed by atoms with Crippen LogP contribution < -0.4 is 9.47 Å². The van der Waals surface area contributed by atoms with Gasteiger partial charge in [-0.3, -0.25) is 0 Å². The number of fused-ring (bicyclic) bond motifs is 1. The van der Waals surface area contributed by atoms with Gasteiger partial charge in [0.2, 0.25) is 0 Å². The van der Waals surface area contributed by atoms with Crippen molar-refractivity contribution in [1.29, 1.82) is 5.26 Å². The quantitative estimate of drug-likeness (QED) is 0.267. The number of para-hydroxylation sites is 2. The first kappa shape index (κ1) is 20.5. The number of ether oxygens (including phenoxy) is 3. The highest BCUT2D eigenvalue weighted by atomic mass is 16.5. The Bertz CT molecular complexity index is 1140. The zero-order valence-electron chi connectivity index (χ0n) is 16.4. The van der Waals surface area contributed by atoms with Crippen LogP contribution in [0.5, 0.6) is 11.5 Å². The average Bonchev–Trinajstić information content (AvgIpc) is 3.20. The Balaban J connectivity index is 1.70. The smallest absolute Gasteiger partial charge is 0.331 e. The van der Waals surface area contributed by atoms with Crippen molar-refractivity contribution in [3.63, 3.8) is 0 Å². The Labute approximate surface area is 172 Å². The number of hydrogen-bond acceptors (Lipinski definition) is 7. The molecule has 0 atom stereocenters. The number of nitrogens with zero attached hydrogens (tertiary/aromatic N) is 2. The van der Waals surface area contributed by atoms with Gasteiger partial charge >= 0.3 is 5.97 Å². The SMILES string of the molecule is COc1ccc(/C=C/C(=O)OC/C(O)=C(\C#N)c2nc3ccccc3[nH]2)c(OC)c1. The van der Waals surface area contributed by atoms with Gasteiger partial charge in [-0.05, 0) is 30.3 Å². The van der Waals surface area contributed by atoms with Crippen LogP contribution in [-0.2, 0) is 9.53 Å². The fourth-order valence-electron chi connectivity index (χ4n) is 2.70. The largest absolute Gasteiger partial charge is 0.507 e. The van der Waals surface area contributed by atoms with Crippen molar-refractivity contribution in [3.05, 3.63) is 65.7 Å². The van der Waals surface area contributed by atoms with Crippen molar-refractivity contribution in [2.75, 3.05) is 20.8 Å². The van der Waals surface area contributed by atoms with Crippen molar-refractivity contribution < 1.29 is 24.1 Å². The first-order chi connectivity index (χ1) is 14.5. The minimum atomic E-state index is -0.693. The number of carbonyl (C=O) groups excluding carboxylic acids is 1. The lowest BCUT2D eigenvalue weighted by molar-refractivity contribution is -0.137. The zero-order chi connectivity index (χ0) is 21.5. The Hall–Kier alpha value is -4.25. The molecular formula is C22H19N3O5. The number of aliphatic hydroxyl groups excluding tert-OH is 1. The van der Waals surface area contributed by atoms with Crippen molar-refractivity contribution in [2.24, 2.45) is 0 Å². The summed E-state index contributed by atoms with van der Waals surface area (Å²) in [5.74, 6) is 0.251. The van der Waals surface area contributed by atoms with E-state index in [2.05, 4.69) is 9.97 Å². The zero-order valence-corrected chi connectivity index (χ0v) is 16.4. The summed E-state index contributed by atoms with van der Waals surface area (Å²) in [6, 6.07) is 14.3. The lowest BCUT2D eigenvalue weighted by Crippen LogP contribution is -2.06. The average molecular weight is 405 g/mol. The molecule has 0 aliphatic carbocycles. The van der Waals surface area contributed by atoms with Crippen molar-refractivity contribution in [1.82, 2.24) is 9.97 Å². The molecule has 0 saturated heterocycles. The number of carbonyl (C=O) groups is 1. The molecule has 0 unspecified atom stereocenters. The number of allylic oxidation sites excluding steroid dienone is 1. The number of H-pyrrole nitrogens is 1. The second kappa shape index (κ2) is 9.30. The maximum absolute atomic E-state index is 12.0. The van der Waals surface area contributed by atoms with E-state index in [1.54, 1.807) is 37.4 Å². The number of aliphatic hydroxyl groups is 1. The van der Waals surface area contributed by atoms with Crippen LogP contribution in [0.15, 0.2) is 54.3 Å². The van der Waals surface area contributed by atoms with Gasteiger partial charge < -0.3 is 24.3 Å². The predicted molar refractivity (Wildman–Crippen MR) is 111 cm³/mol. The molecule has 0 amide bonds. The number of rotatable bonds is 7. The van der Waals surface area contributed by atoms with Gasteiger partial charge in [0, 0.05) is 17.7 Å². The fourth-order valence-corrected chi connectivity index (χ4v) is 2.70.